The average molecular weight is 404 g/mol. The maximum atomic E-state index is 12.4. The van der Waals surface area contributed by atoms with Crippen LogP contribution >= 0.6 is 27.3 Å². The second kappa shape index (κ2) is 8.07. The molecule has 0 fully saturated rings. The molecule has 1 aromatic carbocycles. The highest BCUT2D eigenvalue weighted by atomic mass is 79.9. The fraction of sp³-hybridized carbons (Fsp3) is 0.133. The van der Waals surface area contributed by atoms with E-state index in [1.54, 1.807) is 6.08 Å². The molecule has 0 unspecified atom stereocenters. The van der Waals surface area contributed by atoms with E-state index in [1.807, 2.05) is 12.1 Å². The summed E-state index contributed by atoms with van der Waals surface area (Å²) in [5, 5.41) is 2.57. The molecule has 0 aliphatic heterocycles. The zero-order chi connectivity index (χ0) is 16.8. The molecule has 4 nitrogen and oxygen atoms in total. The smallest absolute Gasteiger partial charge is 0.387 e. The first-order valence-corrected chi connectivity index (χ1v) is 7.96. The van der Waals surface area contributed by atoms with Crippen LogP contribution in [0.25, 0.3) is 6.08 Å². The number of nitrogens with one attached hydrogen (secondary N) is 1. The fourth-order valence-corrected chi connectivity index (χ4v) is 3.03. The highest BCUT2D eigenvalue weighted by molar-refractivity contribution is 9.11. The molecule has 8 heteroatoms. The number of anilines is 1. The Bertz CT molecular complexity index is 718. The van der Waals surface area contributed by atoms with Crippen molar-refractivity contribution < 1.29 is 23.0 Å². The van der Waals surface area contributed by atoms with E-state index in [0.29, 0.717) is 5.69 Å². The number of benzene rings is 1. The van der Waals surface area contributed by atoms with Gasteiger partial charge in [-0.1, -0.05) is 0 Å². The van der Waals surface area contributed by atoms with Crippen LogP contribution in [0.2, 0.25) is 0 Å². The van der Waals surface area contributed by atoms with Crippen LogP contribution in [0.3, 0.4) is 0 Å². The van der Waals surface area contributed by atoms with Crippen molar-refractivity contribution in [3.63, 3.8) is 0 Å². The van der Waals surface area contributed by atoms with Crippen molar-refractivity contribution in [2.75, 3.05) is 12.4 Å². The predicted molar refractivity (Wildman–Crippen MR) is 89.3 cm³/mol. The lowest BCUT2D eigenvalue weighted by atomic mass is 10.2. The first kappa shape index (κ1) is 17.4. The molecule has 0 saturated carbocycles. The average Bonchev–Trinajstić information content (AvgIpc) is 2.90. The van der Waals surface area contributed by atoms with Crippen molar-refractivity contribution in [1.82, 2.24) is 0 Å². The molecular formula is C15H12BrF2NO3S. The van der Waals surface area contributed by atoms with Crippen LogP contribution in [0.1, 0.15) is 4.88 Å². The molecule has 23 heavy (non-hydrogen) atoms. The summed E-state index contributed by atoms with van der Waals surface area (Å²) in [5.74, 6) is -0.378. The summed E-state index contributed by atoms with van der Waals surface area (Å²) in [6, 6.07) is 7.98. The van der Waals surface area contributed by atoms with Crippen LogP contribution < -0.4 is 14.8 Å². The summed E-state index contributed by atoms with van der Waals surface area (Å²) >= 11 is 4.81. The Labute approximate surface area is 143 Å². The fourth-order valence-electron chi connectivity index (χ4n) is 1.70. The minimum atomic E-state index is -2.98. The number of carbonyl (C=O) groups excluding carboxylic acids is 1. The number of hydrogen-bond acceptors (Lipinski definition) is 4. The molecule has 2 aromatic rings. The highest BCUT2D eigenvalue weighted by Crippen LogP contribution is 2.31. The Hall–Kier alpha value is -1.93. The zero-order valence-corrected chi connectivity index (χ0v) is 14.3. The van der Waals surface area contributed by atoms with Gasteiger partial charge in [0.2, 0.25) is 5.91 Å². The van der Waals surface area contributed by atoms with Crippen LogP contribution in [0, 0.1) is 0 Å². The number of rotatable bonds is 6. The molecule has 0 aliphatic rings. The van der Waals surface area contributed by atoms with Gasteiger partial charge in [0.25, 0.3) is 0 Å². The summed E-state index contributed by atoms with van der Waals surface area (Å²) in [6.45, 7) is -2.98. The summed E-state index contributed by atoms with van der Waals surface area (Å²) in [5.41, 5.74) is 0.323. The number of ether oxygens (including phenoxy) is 2. The molecule has 0 bridgehead atoms. The van der Waals surface area contributed by atoms with Gasteiger partial charge in [0, 0.05) is 22.7 Å². The molecule has 1 N–H and O–H groups in total. The van der Waals surface area contributed by atoms with Gasteiger partial charge in [-0.25, -0.2) is 0 Å². The number of hydrogen-bond donors (Lipinski definition) is 1. The van der Waals surface area contributed by atoms with Gasteiger partial charge < -0.3 is 14.8 Å². The van der Waals surface area contributed by atoms with Gasteiger partial charge in [-0.05, 0) is 46.3 Å². The Balaban J connectivity index is 2.06. The van der Waals surface area contributed by atoms with Crippen molar-refractivity contribution >= 4 is 44.9 Å². The maximum absolute atomic E-state index is 12.4. The van der Waals surface area contributed by atoms with E-state index in [9.17, 15) is 13.6 Å². The molecule has 0 saturated heterocycles. The zero-order valence-electron chi connectivity index (χ0n) is 11.9. The van der Waals surface area contributed by atoms with Crippen LogP contribution in [-0.4, -0.2) is 19.6 Å². The Morgan fingerprint density at radius 3 is 2.70 bits per heavy atom. The first-order chi connectivity index (χ1) is 11.0. The van der Waals surface area contributed by atoms with Gasteiger partial charge in [0.05, 0.1) is 10.9 Å². The molecule has 2 rings (SSSR count). The SMILES string of the molecule is COc1ccc(NC(=O)/C=C/c2ccc(Br)s2)cc1OC(F)F. The molecule has 1 amide bonds. The van der Waals surface area contributed by atoms with Crippen molar-refractivity contribution in [2.45, 2.75) is 6.61 Å². The lowest BCUT2D eigenvalue weighted by Crippen LogP contribution is -2.09. The third-order valence-electron chi connectivity index (χ3n) is 2.64. The van der Waals surface area contributed by atoms with Gasteiger partial charge in [-0.15, -0.1) is 11.3 Å². The van der Waals surface area contributed by atoms with Gasteiger partial charge in [0.1, 0.15) is 0 Å². The van der Waals surface area contributed by atoms with E-state index < -0.39 is 6.61 Å². The van der Waals surface area contributed by atoms with Crippen molar-refractivity contribution in [3.8, 4) is 11.5 Å². The molecule has 122 valence electrons. The molecule has 0 aliphatic carbocycles. The van der Waals surface area contributed by atoms with Crippen LogP contribution in [0.15, 0.2) is 40.2 Å². The highest BCUT2D eigenvalue weighted by Gasteiger charge is 2.12. The van der Waals surface area contributed by atoms with E-state index in [-0.39, 0.29) is 17.4 Å². The number of carbonyl (C=O) groups is 1. The topological polar surface area (TPSA) is 47.6 Å². The quantitative estimate of drug-likeness (QED) is 0.706. The monoisotopic (exact) mass is 403 g/mol. The molecule has 0 atom stereocenters. The summed E-state index contributed by atoms with van der Waals surface area (Å²) in [4.78, 5) is 12.8. The third kappa shape index (κ3) is 5.33. The lowest BCUT2D eigenvalue weighted by molar-refractivity contribution is -0.111. The Morgan fingerprint density at radius 1 is 1.30 bits per heavy atom. The number of amides is 1. The van der Waals surface area contributed by atoms with Crippen LogP contribution in [0.4, 0.5) is 14.5 Å². The van der Waals surface area contributed by atoms with Crippen molar-refractivity contribution in [2.24, 2.45) is 0 Å². The predicted octanol–water partition coefficient (Wildman–Crippen LogP) is 4.77. The lowest BCUT2D eigenvalue weighted by Gasteiger charge is -2.11. The van der Waals surface area contributed by atoms with E-state index in [1.165, 1.54) is 42.7 Å². The summed E-state index contributed by atoms with van der Waals surface area (Å²) in [7, 11) is 1.34. The number of methoxy groups -OCH3 is 1. The van der Waals surface area contributed by atoms with Gasteiger partial charge >= 0.3 is 6.61 Å². The van der Waals surface area contributed by atoms with Gasteiger partial charge in [-0.2, -0.15) is 8.78 Å². The van der Waals surface area contributed by atoms with E-state index >= 15 is 0 Å². The number of alkyl halides is 2. The maximum Gasteiger partial charge on any atom is 0.387 e. The molecule has 0 spiro atoms. The second-order valence-corrected chi connectivity index (χ2v) is 6.70. The Morgan fingerprint density at radius 2 is 2.09 bits per heavy atom. The Kier molecular flexibility index (Phi) is 6.12. The first-order valence-electron chi connectivity index (χ1n) is 6.35. The normalized spacial score (nSPS) is 11.0. The van der Waals surface area contributed by atoms with Crippen LogP contribution in [0.5, 0.6) is 11.5 Å². The van der Waals surface area contributed by atoms with E-state index in [4.69, 9.17) is 4.74 Å². The van der Waals surface area contributed by atoms with Crippen molar-refractivity contribution in [3.05, 3.63) is 45.1 Å². The number of thiophene rings is 1. The molecule has 1 heterocycles. The van der Waals surface area contributed by atoms with Gasteiger partial charge in [-0.3, -0.25) is 4.79 Å². The van der Waals surface area contributed by atoms with Gasteiger partial charge in [0.15, 0.2) is 11.5 Å². The third-order valence-corrected chi connectivity index (χ3v) is 4.23. The molecular weight excluding hydrogens is 392 g/mol. The minimum absolute atomic E-state index is 0.147. The van der Waals surface area contributed by atoms with Crippen LogP contribution in [-0.2, 0) is 4.79 Å². The second-order valence-electron chi connectivity index (χ2n) is 4.21. The number of halogens is 3. The summed E-state index contributed by atoms with van der Waals surface area (Å²) in [6.07, 6.45) is 3.01. The molecule has 1 aromatic heterocycles. The van der Waals surface area contributed by atoms with E-state index in [2.05, 4.69) is 26.0 Å². The van der Waals surface area contributed by atoms with E-state index in [0.717, 1.165) is 8.66 Å². The molecule has 0 radical (unpaired) electrons. The van der Waals surface area contributed by atoms with Crippen molar-refractivity contribution in [1.29, 1.82) is 0 Å². The summed E-state index contributed by atoms with van der Waals surface area (Å²) < 4.78 is 35.0. The standard InChI is InChI=1S/C15H12BrF2NO3S/c1-21-11-5-2-9(8-12(11)22-15(17)18)19-14(20)7-4-10-3-6-13(16)23-10/h2-8,15H,1H3,(H,19,20)/b7-4+. The largest absolute Gasteiger partial charge is 0.493 e. The minimum Gasteiger partial charge on any atom is -0.493 e.